The minimum atomic E-state index is -0.735. The van der Waals surface area contributed by atoms with E-state index in [0.717, 1.165) is 11.1 Å². The quantitative estimate of drug-likeness (QED) is 0.486. The summed E-state index contributed by atoms with van der Waals surface area (Å²) in [6.45, 7) is 3.64. The maximum absolute atomic E-state index is 12.8. The zero-order chi connectivity index (χ0) is 20.3. The fourth-order valence-electron chi connectivity index (χ4n) is 3.30. The molecule has 0 aliphatic carbocycles. The zero-order valence-corrected chi connectivity index (χ0v) is 15.6. The van der Waals surface area contributed by atoms with E-state index in [2.05, 4.69) is 5.32 Å². The van der Waals surface area contributed by atoms with Gasteiger partial charge >= 0.3 is 5.97 Å². The molecule has 1 N–H and O–H groups in total. The minimum absolute atomic E-state index is 0.0584. The molecule has 1 unspecified atom stereocenters. The smallest absolute Gasteiger partial charge is 0.336 e. The van der Waals surface area contributed by atoms with Gasteiger partial charge in [-0.1, -0.05) is 48.0 Å². The Kier molecular flexibility index (Phi) is 5.54. The van der Waals surface area contributed by atoms with Crippen LogP contribution < -0.4 is 5.32 Å². The molecule has 0 aromatic heterocycles. The van der Waals surface area contributed by atoms with Crippen molar-refractivity contribution in [2.45, 2.75) is 32.8 Å². The van der Waals surface area contributed by atoms with E-state index < -0.39 is 16.8 Å². The number of hydrogen-bond acceptors (Lipinski definition) is 5. The van der Waals surface area contributed by atoms with Crippen LogP contribution in [0.1, 0.15) is 36.0 Å². The fraction of sp³-hybridized carbons (Fsp3) is 0.238. The first-order valence-electron chi connectivity index (χ1n) is 8.83. The lowest BCUT2D eigenvalue weighted by atomic mass is 9.83. The predicted molar refractivity (Wildman–Crippen MR) is 102 cm³/mol. The average Bonchev–Trinajstić information content (AvgIpc) is 2.66. The van der Waals surface area contributed by atoms with E-state index in [9.17, 15) is 19.7 Å². The van der Waals surface area contributed by atoms with E-state index in [-0.39, 0.29) is 30.2 Å². The largest absolute Gasteiger partial charge is 0.457 e. The molecule has 2 aromatic carbocycles. The van der Waals surface area contributed by atoms with Gasteiger partial charge < -0.3 is 10.1 Å². The van der Waals surface area contributed by atoms with Gasteiger partial charge in [0.15, 0.2) is 0 Å². The normalized spacial score (nSPS) is 16.5. The summed E-state index contributed by atoms with van der Waals surface area (Å²) in [6.07, 6.45) is -0.0584. The number of rotatable bonds is 5. The molecule has 1 aliphatic rings. The van der Waals surface area contributed by atoms with Gasteiger partial charge in [0.1, 0.15) is 6.61 Å². The van der Waals surface area contributed by atoms with Crippen molar-refractivity contribution < 1.29 is 19.2 Å². The number of aryl methyl sites for hydroxylation is 1. The van der Waals surface area contributed by atoms with Gasteiger partial charge in [0.2, 0.25) is 5.91 Å². The van der Waals surface area contributed by atoms with Crippen molar-refractivity contribution in [3.8, 4) is 0 Å². The highest BCUT2D eigenvalue weighted by Crippen LogP contribution is 2.38. The summed E-state index contributed by atoms with van der Waals surface area (Å²) in [7, 11) is 0. The first-order chi connectivity index (χ1) is 13.4. The number of esters is 1. The van der Waals surface area contributed by atoms with E-state index in [1.165, 1.54) is 6.07 Å². The van der Waals surface area contributed by atoms with Crippen molar-refractivity contribution >= 4 is 17.6 Å². The molecule has 1 atom stereocenters. The second kappa shape index (κ2) is 8.04. The Hall–Kier alpha value is -3.48. The van der Waals surface area contributed by atoms with Gasteiger partial charge in [-0.2, -0.15) is 0 Å². The molecule has 0 bridgehead atoms. The topological polar surface area (TPSA) is 98.5 Å². The maximum Gasteiger partial charge on any atom is 0.336 e. The Bertz CT molecular complexity index is 963. The van der Waals surface area contributed by atoms with Crippen LogP contribution in [0.3, 0.4) is 0 Å². The minimum Gasteiger partial charge on any atom is -0.457 e. The highest BCUT2D eigenvalue weighted by molar-refractivity contribution is 5.96. The monoisotopic (exact) mass is 380 g/mol. The number of hydrogen-bond donors (Lipinski definition) is 1. The van der Waals surface area contributed by atoms with Crippen LogP contribution in [-0.2, 0) is 20.9 Å². The van der Waals surface area contributed by atoms with E-state index in [0.29, 0.717) is 11.3 Å². The first-order valence-corrected chi connectivity index (χ1v) is 8.83. The van der Waals surface area contributed by atoms with E-state index in [1.807, 2.05) is 31.2 Å². The maximum atomic E-state index is 12.8. The number of carbonyl (C=O) groups is 2. The van der Waals surface area contributed by atoms with Crippen molar-refractivity contribution in [2.75, 3.05) is 0 Å². The van der Waals surface area contributed by atoms with Crippen molar-refractivity contribution in [1.82, 2.24) is 5.32 Å². The molecule has 144 valence electrons. The van der Waals surface area contributed by atoms with Crippen molar-refractivity contribution in [2.24, 2.45) is 0 Å². The Morgan fingerprint density at radius 3 is 2.54 bits per heavy atom. The van der Waals surface area contributed by atoms with Crippen molar-refractivity contribution in [3.63, 3.8) is 0 Å². The van der Waals surface area contributed by atoms with E-state index in [4.69, 9.17) is 4.74 Å². The number of carbonyl (C=O) groups excluding carboxylic acids is 2. The summed E-state index contributed by atoms with van der Waals surface area (Å²) in [5, 5.41) is 14.0. The van der Waals surface area contributed by atoms with Gasteiger partial charge in [0, 0.05) is 29.7 Å². The number of nitro benzene ring substituents is 1. The molecule has 0 fully saturated rings. The number of ether oxygens (including phenoxy) is 1. The lowest BCUT2D eigenvalue weighted by molar-refractivity contribution is -0.385. The number of nitrogens with one attached hydrogen (secondary N) is 1. The molecule has 0 saturated heterocycles. The lowest BCUT2D eigenvalue weighted by Crippen LogP contribution is -2.34. The summed E-state index contributed by atoms with van der Waals surface area (Å²) in [5.41, 5.74) is 2.72. The molecule has 3 rings (SSSR count). The number of benzene rings is 2. The fourth-order valence-corrected chi connectivity index (χ4v) is 3.30. The van der Waals surface area contributed by atoms with Crippen LogP contribution in [0.15, 0.2) is 59.8 Å². The Labute approximate surface area is 162 Å². The lowest BCUT2D eigenvalue weighted by Gasteiger charge is -2.26. The Balaban J connectivity index is 1.90. The molecular formula is C21H20N2O5. The number of para-hydroxylation sites is 1. The highest BCUT2D eigenvalue weighted by atomic mass is 16.6. The molecule has 0 saturated carbocycles. The Morgan fingerprint density at radius 1 is 1.18 bits per heavy atom. The van der Waals surface area contributed by atoms with Gasteiger partial charge in [-0.25, -0.2) is 4.79 Å². The third kappa shape index (κ3) is 4.09. The summed E-state index contributed by atoms with van der Waals surface area (Å²) < 4.78 is 5.45. The van der Waals surface area contributed by atoms with Gasteiger partial charge in [-0.05, 0) is 19.4 Å². The molecule has 2 aromatic rings. The first kappa shape index (κ1) is 19.3. The van der Waals surface area contributed by atoms with Gasteiger partial charge in [-0.3, -0.25) is 14.9 Å². The summed E-state index contributed by atoms with van der Waals surface area (Å²) >= 11 is 0. The van der Waals surface area contributed by atoms with Gasteiger partial charge in [0.05, 0.1) is 10.5 Å². The van der Waals surface area contributed by atoms with Crippen molar-refractivity contribution in [3.05, 3.63) is 86.6 Å². The zero-order valence-electron chi connectivity index (χ0n) is 15.6. The molecule has 1 heterocycles. The predicted octanol–water partition coefficient (Wildman–Crippen LogP) is 3.52. The number of nitrogens with zero attached hydrogens (tertiary/aromatic N) is 1. The molecular weight excluding hydrogens is 360 g/mol. The van der Waals surface area contributed by atoms with Crippen LogP contribution in [0, 0.1) is 17.0 Å². The highest BCUT2D eigenvalue weighted by Gasteiger charge is 2.36. The molecule has 7 heteroatoms. The summed E-state index contributed by atoms with van der Waals surface area (Å²) in [6, 6.07) is 13.7. The molecule has 7 nitrogen and oxygen atoms in total. The number of allylic oxidation sites excluding steroid dienone is 1. The molecule has 28 heavy (non-hydrogen) atoms. The third-order valence-electron chi connectivity index (χ3n) is 4.69. The SMILES string of the molecule is CC1=C(C(=O)OCc2ccc(C)cc2)C(c2ccccc2[N+](=O)[O-])CC(=O)N1. The van der Waals surface area contributed by atoms with E-state index in [1.54, 1.807) is 25.1 Å². The molecule has 1 amide bonds. The van der Waals surface area contributed by atoms with Crippen LogP contribution in [0.2, 0.25) is 0 Å². The Morgan fingerprint density at radius 2 is 1.86 bits per heavy atom. The van der Waals surface area contributed by atoms with E-state index >= 15 is 0 Å². The van der Waals surface area contributed by atoms with Crippen LogP contribution in [0.4, 0.5) is 5.69 Å². The number of amides is 1. The van der Waals surface area contributed by atoms with Crippen molar-refractivity contribution in [1.29, 1.82) is 0 Å². The van der Waals surface area contributed by atoms with Crippen LogP contribution in [0.5, 0.6) is 0 Å². The third-order valence-corrected chi connectivity index (χ3v) is 4.69. The molecule has 0 radical (unpaired) electrons. The van der Waals surface area contributed by atoms with Gasteiger partial charge in [0.25, 0.3) is 5.69 Å². The molecule has 0 spiro atoms. The second-order valence-corrected chi connectivity index (χ2v) is 6.72. The van der Waals surface area contributed by atoms with Gasteiger partial charge in [-0.15, -0.1) is 0 Å². The number of nitro groups is 1. The van der Waals surface area contributed by atoms with Crippen LogP contribution in [0.25, 0.3) is 0 Å². The molecule has 1 aliphatic heterocycles. The standard InChI is InChI=1S/C21H20N2O5/c1-13-7-9-15(10-8-13)12-28-21(25)20-14(2)22-19(24)11-17(20)16-5-3-4-6-18(16)23(26)27/h3-10,17H,11-12H2,1-2H3,(H,22,24). The average molecular weight is 380 g/mol. The second-order valence-electron chi connectivity index (χ2n) is 6.72. The summed E-state index contributed by atoms with van der Waals surface area (Å²) in [5.74, 6) is -1.63. The summed E-state index contributed by atoms with van der Waals surface area (Å²) in [4.78, 5) is 35.8. The van der Waals surface area contributed by atoms with Crippen LogP contribution >= 0.6 is 0 Å². The van der Waals surface area contributed by atoms with Crippen LogP contribution in [-0.4, -0.2) is 16.8 Å².